The van der Waals surface area contributed by atoms with Gasteiger partial charge in [0.05, 0.1) is 0 Å². The lowest BCUT2D eigenvalue weighted by Crippen LogP contribution is -2.00. The zero-order valence-corrected chi connectivity index (χ0v) is 10.7. The third-order valence-electron chi connectivity index (χ3n) is 2.93. The second-order valence-corrected chi connectivity index (χ2v) is 4.36. The molecule has 0 aliphatic rings. The van der Waals surface area contributed by atoms with Crippen LogP contribution in [0.5, 0.6) is 11.5 Å². The molecule has 0 saturated heterocycles. The van der Waals surface area contributed by atoms with E-state index in [1.54, 1.807) is 12.1 Å². The second-order valence-electron chi connectivity index (χ2n) is 4.36. The number of benzene rings is 2. The molecule has 2 aromatic carbocycles. The Morgan fingerprint density at radius 1 is 0.947 bits per heavy atom. The first-order valence-corrected chi connectivity index (χ1v) is 6.39. The first-order valence-electron chi connectivity index (χ1n) is 6.39. The van der Waals surface area contributed by atoms with Crippen LogP contribution in [0.2, 0.25) is 0 Å². The van der Waals surface area contributed by atoms with Gasteiger partial charge in [0.15, 0.2) is 0 Å². The number of phenolic OH excluding ortho intramolecular Hbond substituents is 1. The van der Waals surface area contributed by atoms with Gasteiger partial charge in [-0.2, -0.15) is 0 Å². The Bertz CT molecular complexity index is 509. The number of rotatable bonds is 6. The van der Waals surface area contributed by atoms with Gasteiger partial charge < -0.3 is 14.9 Å². The summed E-state index contributed by atoms with van der Waals surface area (Å²) in [5, 5.41) is 18.7. The van der Waals surface area contributed by atoms with Crippen molar-refractivity contribution in [3.8, 4) is 11.5 Å². The van der Waals surface area contributed by atoms with Crippen LogP contribution in [0.4, 0.5) is 0 Å². The normalized spacial score (nSPS) is 10.4. The summed E-state index contributed by atoms with van der Waals surface area (Å²) < 4.78 is 5.76. The van der Waals surface area contributed by atoms with Crippen LogP contribution in [-0.4, -0.2) is 16.8 Å². The van der Waals surface area contributed by atoms with Crippen LogP contribution in [0.25, 0.3) is 0 Å². The van der Waals surface area contributed by atoms with E-state index in [1.165, 1.54) is 0 Å². The van der Waals surface area contributed by atoms with E-state index in [2.05, 4.69) is 0 Å². The number of ether oxygens (including phenoxy) is 1. The summed E-state index contributed by atoms with van der Waals surface area (Å²) in [5.74, 6) is 0.899. The Balaban J connectivity index is 2.09. The van der Waals surface area contributed by atoms with Crippen molar-refractivity contribution in [2.24, 2.45) is 0 Å². The molecule has 100 valence electrons. The number of aliphatic hydroxyl groups excluding tert-OH is 1. The van der Waals surface area contributed by atoms with Gasteiger partial charge in [-0.25, -0.2) is 0 Å². The topological polar surface area (TPSA) is 49.7 Å². The van der Waals surface area contributed by atoms with E-state index in [-0.39, 0.29) is 12.4 Å². The molecule has 0 aliphatic carbocycles. The standard InChI is InChI=1S/C16H18O3/c17-11-5-8-14-15(18)9-4-10-16(14)19-12-13-6-2-1-3-7-13/h1-4,6-7,9-10,17-18H,5,8,11-12H2. The summed E-state index contributed by atoms with van der Waals surface area (Å²) in [6, 6.07) is 15.1. The van der Waals surface area contributed by atoms with Crippen LogP contribution in [0.3, 0.4) is 0 Å². The number of hydrogen-bond acceptors (Lipinski definition) is 3. The van der Waals surface area contributed by atoms with Crippen LogP contribution in [-0.2, 0) is 13.0 Å². The molecule has 0 saturated carbocycles. The number of phenols is 1. The molecule has 2 aromatic rings. The highest BCUT2D eigenvalue weighted by Gasteiger charge is 2.08. The maximum Gasteiger partial charge on any atom is 0.126 e. The quantitative estimate of drug-likeness (QED) is 0.837. The Labute approximate surface area is 113 Å². The average molecular weight is 258 g/mol. The molecular weight excluding hydrogens is 240 g/mol. The van der Waals surface area contributed by atoms with Crippen molar-refractivity contribution < 1.29 is 14.9 Å². The third-order valence-corrected chi connectivity index (χ3v) is 2.93. The highest BCUT2D eigenvalue weighted by molar-refractivity contribution is 5.44. The fourth-order valence-corrected chi connectivity index (χ4v) is 1.93. The number of hydrogen-bond donors (Lipinski definition) is 2. The van der Waals surface area contributed by atoms with Crippen molar-refractivity contribution in [3.63, 3.8) is 0 Å². The SMILES string of the molecule is OCCCc1c(O)cccc1OCc1ccccc1. The Morgan fingerprint density at radius 3 is 2.47 bits per heavy atom. The molecule has 0 bridgehead atoms. The first kappa shape index (κ1) is 13.4. The summed E-state index contributed by atoms with van der Waals surface area (Å²) in [6.07, 6.45) is 1.21. The van der Waals surface area contributed by atoms with Crippen molar-refractivity contribution in [3.05, 3.63) is 59.7 Å². The van der Waals surface area contributed by atoms with Crippen molar-refractivity contribution in [2.45, 2.75) is 19.4 Å². The Kier molecular flexibility index (Phi) is 4.81. The lowest BCUT2D eigenvalue weighted by atomic mass is 10.1. The highest BCUT2D eigenvalue weighted by Crippen LogP contribution is 2.29. The van der Waals surface area contributed by atoms with E-state index in [9.17, 15) is 5.11 Å². The molecule has 0 aliphatic heterocycles. The predicted molar refractivity (Wildman–Crippen MR) is 74.3 cm³/mol. The molecule has 0 heterocycles. The van der Waals surface area contributed by atoms with Crippen molar-refractivity contribution >= 4 is 0 Å². The van der Waals surface area contributed by atoms with Gasteiger partial charge in [-0.1, -0.05) is 36.4 Å². The molecule has 0 spiro atoms. The van der Waals surface area contributed by atoms with Gasteiger partial charge in [0.1, 0.15) is 18.1 Å². The maximum atomic E-state index is 9.85. The molecular formula is C16H18O3. The average Bonchev–Trinajstić information content (AvgIpc) is 2.45. The first-order chi connectivity index (χ1) is 9.31. The van der Waals surface area contributed by atoms with Gasteiger partial charge in [0.25, 0.3) is 0 Å². The largest absolute Gasteiger partial charge is 0.508 e. The summed E-state index contributed by atoms with van der Waals surface area (Å²) in [6.45, 7) is 0.572. The van der Waals surface area contributed by atoms with Gasteiger partial charge in [-0.05, 0) is 30.5 Å². The summed E-state index contributed by atoms with van der Waals surface area (Å²) in [7, 11) is 0. The molecule has 0 amide bonds. The summed E-state index contributed by atoms with van der Waals surface area (Å²) in [4.78, 5) is 0. The fraction of sp³-hybridized carbons (Fsp3) is 0.250. The van der Waals surface area contributed by atoms with Crippen LogP contribution in [0.1, 0.15) is 17.5 Å². The minimum Gasteiger partial charge on any atom is -0.508 e. The minimum atomic E-state index is 0.104. The maximum absolute atomic E-state index is 9.85. The molecule has 19 heavy (non-hydrogen) atoms. The van der Waals surface area contributed by atoms with Crippen molar-refractivity contribution in [2.75, 3.05) is 6.61 Å². The van der Waals surface area contributed by atoms with Crippen molar-refractivity contribution in [1.82, 2.24) is 0 Å². The monoisotopic (exact) mass is 258 g/mol. The summed E-state index contributed by atoms with van der Waals surface area (Å²) in [5.41, 5.74) is 1.84. The van der Waals surface area contributed by atoms with Gasteiger partial charge in [0, 0.05) is 12.2 Å². The molecule has 2 N–H and O–H groups in total. The fourth-order valence-electron chi connectivity index (χ4n) is 1.93. The van der Waals surface area contributed by atoms with E-state index >= 15 is 0 Å². The smallest absolute Gasteiger partial charge is 0.126 e. The van der Waals surface area contributed by atoms with E-state index in [4.69, 9.17) is 9.84 Å². The molecule has 0 radical (unpaired) electrons. The van der Waals surface area contributed by atoms with Crippen LogP contribution in [0.15, 0.2) is 48.5 Å². The van der Waals surface area contributed by atoms with Crippen molar-refractivity contribution in [1.29, 1.82) is 0 Å². The van der Waals surface area contributed by atoms with E-state index < -0.39 is 0 Å². The van der Waals surface area contributed by atoms with Crippen LogP contribution in [0, 0.1) is 0 Å². The Morgan fingerprint density at radius 2 is 1.74 bits per heavy atom. The number of aromatic hydroxyl groups is 1. The van der Waals surface area contributed by atoms with Gasteiger partial charge >= 0.3 is 0 Å². The molecule has 0 aromatic heterocycles. The Hall–Kier alpha value is -2.00. The van der Waals surface area contributed by atoms with Crippen LogP contribution >= 0.6 is 0 Å². The molecule has 0 atom stereocenters. The molecule has 0 fully saturated rings. The lowest BCUT2D eigenvalue weighted by molar-refractivity contribution is 0.281. The van der Waals surface area contributed by atoms with Gasteiger partial charge in [-0.3, -0.25) is 0 Å². The lowest BCUT2D eigenvalue weighted by Gasteiger charge is -2.12. The van der Waals surface area contributed by atoms with E-state index in [1.807, 2.05) is 36.4 Å². The highest BCUT2D eigenvalue weighted by atomic mass is 16.5. The zero-order chi connectivity index (χ0) is 13.5. The third kappa shape index (κ3) is 3.73. The zero-order valence-electron chi connectivity index (χ0n) is 10.7. The van der Waals surface area contributed by atoms with E-state index in [0.717, 1.165) is 11.1 Å². The summed E-state index contributed by atoms with van der Waals surface area (Å²) >= 11 is 0. The van der Waals surface area contributed by atoms with Crippen LogP contribution < -0.4 is 4.74 Å². The van der Waals surface area contributed by atoms with E-state index in [0.29, 0.717) is 25.2 Å². The van der Waals surface area contributed by atoms with Gasteiger partial charge in [0.2, 0.25) is 0 Å². The molecule has 0 unspecified atom stereocenters. The minimum absolute atomic E-state index is 0.104. The second kappa shape index (κ2) is 6.81. The number of aliphatic hydroxyl groups is 1. The molecule has 3 nitrogen and oxygen atoms in total. The predicted octanol–water partition coefficient (Wildman–Crippen LogP) is 2.90. The van der Waals surface area contributed by atoms with Gasteiger partial charge in [-0.15, -0.1) is 0 Å². The molecule has 2 rings (SSSR count). The molecule has 3 heteroatoms.